The van der Waals surface area contributed by atoms with Crippen molar-refractivity contribution >= 4 is 17.9 Å². The molecule has 2 heterocycles. The molecule has 0 fully saturated rings. The third kappa shape index (κ3) is 6.61. The number of hydrogen-bond donors (Lipinski definition) is 0. The van der Waals surface area contributed by atoms with E-state index in [9.17, 15) is 19.2 Å². The summed E-state index contributed by atoms with van der Waals surface area (Å²) >= 11 is 0. The highest BCUT2D eigenvalue weighted by molar-refractivity contribution is 6.19. The van der Waals surface area contributed by atoms with E-state index in [-0.39, 0.29) is 35.1 Å². The van der Waals surface area contributed by atoms with Crippen LogP contribution in [0.2, 0.25) is 0 Å². The quantitative estimate of drug-likeness (QED) is 0.166. The third-order valence-corrected chi connectivity index (χ3v) is 6.53. The molecule has 1 aliphatic heterocycles. The molecule has 0 atom stereocenters. The molecule has 0 saturated heterocycles. The lowest BCUT2D eigenvalue weighted by atomic mass is 9.93. The molecule has 212 valence electrons. The maximum absolute atomic E-state index is 15.0. The lowest BCUT2D eigenvalue weighted by molar-refractivity contribution is -0.140. The summed E-state index contributed by atoms with van der Waals surface area (Å²) in [7, 11) is 0. The van der Waals surface area contributed by atoms with E-state index in [0.29, 0.717) is 36.5 Å². The second-order valence-corrected chi connectivity index (χ2v) is 9.91. The van der Waals surface area contributed by atoms with E-state index < -0.39 is 17.6 Å². The molecule has 0 N–H and O–H groups in total. The molecule has 1 aromatic heterocycles. The number of para-hydroxylation sites is 1. The van der Waals surface area contributed by atoms with Crippen LogP contribution in [-0.2, 0) is 14.3 Å². The first-order valence-corrected chi connectivity index (χ1v) is 13.6. The van der Waals surface area contributed by atoms with Crippen molar-refractivity contribution < 1.29 is 23.5 Å². The van der Waals surface area contributed by atoms with Crippen LogP contribution in [0.4, 0.5) is 4.39 Å². The zero-order valence-electron chi connectivity index (χ0n) is 23.7. The van der Waals surface area contributed by atoms with E-state index in [2.05, 4.69) is 0 Å². The monoisotopic (exact) mass is 556 g/mol. The van der Waals surface area contributed by atoms with Crippen molar-refractivity contribution in [2.75, 3.05) is 19.8 Å². The van der Waals surface area contributed by atoms with Gasteiger partial charge in [0.2, 0.25) is 0 Å². The van der Waals surface area contributed by atoms with Gasteiger partial charge in [-0.25, -0.2) is 9.07 Å². The highest BCUT2D eigenvalue weighted by atomic mass is 19.1. The summed E-state index contributed by atoms with van der Waals surface area (Å²) in [6.07, 6.45) is 4.55. The van der Waals surface area contributed by atoms with Crippen LogP contribution >= 0.6 is 0 Å². The number of imide groups is 1. The predicted molar refractivity (Wildman–Crippen MR) is 153 cm³/mol. The van der Waals surface area contributed by atoms with Gasteiger partial charge in [-0.05, 0) is 75.6 Å². The number of benzene rings is 2. The molecule has 2 amide bonds. The normalized spacial score (nSPS) is 14.8. The zero-order valence-corrected chi connectivity index (χ0v) is 23.7. The number of aromatic nitrogens is 2. The van der Waals surface area contributed by atoms with Crippen molar-refractivity contribution in [2.24, 2.45) is 0 Å². The topological polar surface area (TPSA) is 97.4 Å². The second-order valence-electron chi connectivity index (χ2n) is 9.91. The van der Waals surface area contributed by atoms with Gasteiger partial charge < -0.3 is 9.47 Å². The maximum Gasteiger partial charge on any atom is 0.271 e. The van der Waals surface area contributed by atoms with Gasteiger partial charge in [0.15, 0.2) is 11.6 Å². The number of nitriles is 1. The summed E-state index contributed by atoms with van der Waals surface area (Å²) in [5, 5.41) is 14.5. The number of rotatable bonds is 11. The van der Waals surface area contributed by atoms with Crippen LogP contribution in [0.25, 0.3) is 23.0 Å². The number of amides is 2. The molecule has 0 spiro atoms. The SMILES string of the molecule is CCCOc1ccc(-c2nn(-c3ccccc3)cc2/C=C2/C(=O)N(CCCOC(C)C)C(=O)C(C#N)=C2C)cc1F. The minimum absolute atomic E-state index is 0.0201. The lowest BCUT2D eigenvalue weighted by Gasteiger charge is -2.27. The number of ether oxygens (including phenoxy) is 2. The van der Waals surface area contributed by atoms with Crippen LogP contribution in [0.1, 0.15) is 46.1 Å². The largest absolute Gasteiger partial charge is 0.491 e. The summed E-state index contributed by atoms with van der Waals surface area (Å²) in [5.41, 5.74) is 2.58. The number of carbonyl (C=O) groups excluding carboxylic acids is 2. The van der Waals surface area contributed by atoms with E-state index in [1.807, 2.05) is 57.2 Å². The fourth-order valence-electron chi connectivity index (χ4n) is 4.44. The van der Waals surface area contributed by atoms with E-state index in [0.717, 1.165) is 17.0 Å². The Kier molecular flexibility index (Phi) is 9.48. The minimum atomic E-state index is -0.623. The Bertz CT molecular complexity index is 1530. The minimum Gasteiger partial charge on any atom is -0.491 e. The number of hydrogen-bond acceptors (Lipinski definition) is 6. The lowest BCUT2D eigenvalue weighted by Crippen LogP contribution is -2.43. The summed E-state index contributed by atoms with van der Waals surface area (Å²) in [6, 6.07) is 16.0. The van der Waals surface area contributed by atoms with Crippen molar-refractivity contribution in [3.05, 3.63) is 82.8 Å². The molecule has 0 aliphatic carbocycles. The van der Waals surface area contributed by atoms with Gasteiger partial charge in [-0.1, -0.05) is 25.1 Å². The summed E-state index contributed by atoms with van der Waals surface area (Å²) in [6.45, 7) is 8.21. The first kappa shape index (κ1) is 29.4. The average molecular weight is 557 g/mol. The summed E-state index contributed by atoms with van der Waals surface area (Å²) in [5.74, 6) is -1.51. The zero-order chi connectivity index (χ0) is 29.5. The molecule has 1 aliphatic rings. The molecule has 0 radical (unpaired) electrons. The molecule has 8 nitrogen and oxygen atoms in total. The molecule has 0 bridgehead atoms. The smallest absolute Gasteiger partial charge is 0.271 e. The first-order chi connectivity index (χ1) is 19.7. The molecular formula is C32H33FN4O4. The second kappa shape index (κ2) is 13.2. The molecule has 2 aromatic carbocycles. The Balaban J connectivity index is 1.80. The Morgan fingerprint density at radius 3 is 2.51 bits per heavy atom. The van der Waals surface area contributed by atoms with Crippen LogP contribution in [0.3, 0.4) is 0 Å². The Morgan fingerprint density at radius 1 is 1.10 bits per heavy atom. The van der Waals surface area contributed by atoms with Crippen LogP contribution < -0.4 is 4.74 Å². The van der Waals surface area contributed by atoms with Crippen LogP contribution in [0.15, 0.2) is 71.4 Å². The number of nitrogens with zero attached hydrogens (tertiary/aromatic N) is 4. The van der Waals surface area contributed by atoms with Crippen molar-refractivity contribution in [1.29, 1.82) is 5.26 Å². The third-order valence-electron chi connectivity index (χ3n) is 6.53. The van der Waals surface area contributed by atoms with Gasteiger partial charge in [-0.3, -0.25) is 14.5 Å². The Labute approximate surface area is 239 Å². The molecule has 0 unspecified atom stereocenters. The maximum atomic E-state index is 15.0. The molecule has 3 aromatic rings. The fraction of sp³-hybridized carbons (Fsp3) is 0.312. The van der Waals surface area contributed by atoms with Gasteiger partial charge in [0.25, 0.3) is 11.8 Å². The van der Waals surface area contributed by atoms with Gasteiger partial charge >= 0.3 is 0 Å². The average Bonchev–Trinajstić information content (AvgIpc) is 3.39. The van der Waals surface area contributed by atoms with E-state index >= 15 is 0 Å². The summed E-state index contributed by atoms with van der Waals surface area (Å²) < 4.78 is 27.7. The number of halogens is 1. The van der Waals surface area contributed by atoms with Gasteiger partial charge in [-0.2, -0.15) is 10.4 Å². The van der Waals surface area contributed by atoms with Crippen molar-refractivity contribution in [3.63, 3.8) is 0 Å². The van der Waals surface area contributed by atoms with Gasteiger partial charge in [-0.15, -0.1) is 0 Å². The van der Waals surface area contributed by atoms with E-state index in [1.54, 1.807) is 36.0 Å². The highest BCUT2D eigenvalue weighted by Gasteiger charge is 2.35. The van der Waals surface area contributed by atoms with Crippen molar-refractivity contribution in [2.45, 2.75) is 46.6 Å². The standard InChI is InChI=1S/C32H33FN4O4/c1-5-15-41-29-13-12-23(18-28(29)33)30-24(20-37(35-30)25-10-7-6-8-11-25)17-26-22(4)27(19-34)32(39)36(31(26)38)14-9-16-40-21(2)3/h6-8,10-13,17-18,20-21H,5,9,14-16H2,1-4H3/b26-17+. The molecule has 4 rings (SSSR count). The molecule has 41 heavy (non-hydrogen) atoms. The van der Waals surface area contributed by atoms with Crippen LogP contribution in [0.5, 0.6) is 5.75 Å². The van der Waals surface area contributed by atoms with Gasteiger partial charge in [0.1, 0.15) is 17.3 Å². The first-order valence-electron chi connectivity index (χ1n) is 13.6. The fourth-order valence-corrected chi connectivity index (χ4v) is 4.44. The Hall–Kier alpha value is -4.55. The van der Waals surface area contributed by atoms with Crippen molar-refractivity contribution in [3.8, 4) is 28.8 Å². The van der Waals surface area contributed by atoms with E-state index in [4.69, 9.17) is 14.6 Å². The van der Waals surface area contributed by atoms with E-state index in [1.165, 1.54) is 6.07 Å². The van der Waals surface area contributed by atoms with Crippen LogP contribution in [-0.4, -0.2) is 52.4 Å². The van der Waals surface area contributed by atoms with Gasteiger partial charge in [0.05, 0.1) is 18.4 Å². The molecule has 9 heteroatoms. The van der Waals surface area contributed by atoms with Crippen molar-refractivity contribution in [1.82, 2.24) is 14.7 Å². The molecule has 0 saturated carbocycles. The summed E-state index contributed by atoms with van der Waals surface area (Å²) in [4.78, 5) is 27.7. The van der Waals surface area contributed by atoms with Gasteiger partial charge in [0, 0.05) is 36.0 Å². The molecular weight excluding hydrogens is 523 g/mol. The Morgan fingerprint density at radius 2 is 1.85 bits per heavy atom. The highest BCUT2D eigenvalue weighted by Crippen LogP contribution is 2.32. The number of carbonyl (C=O) groups is 2. The predicted octanol–water partition coefficient (Wildman–Crippen LogP) is 5.87. The van der Waals surface area contributed by atoms with Crippen LogP contribution in [0, 0.1) is 17.1 Å².